The summed E-state index contributed by atoms with van der Waals surface area (Å²) in [7, 11) is 0. The average molecular weight is 357 g/mol. The van der Waals surface area contributed by atoms with Crippen molar-refractivity contribution in [1.29, 1.82) is 0 Å². The lowest BCUT2D eigenvalue weighted by atomic mass is 10.1. The minimum Gasteiger partial charge on any atom is -0.471 e. The molecule has 1 aromatic heterocycles. The van der Waals surface area contributed by atoms with E-state index >= 15 is 0 Å². The molecule has 3 rings (SSSR count). The molecule has 2 N–H and O–H groups in total. The first-order valence-electron chi connectivity index (χ1n) is 7.96. The quantitative estimate of drug-likeness (QED) is 0.773. The molecule has 2 unspecified atom stereocenters. The molecule has 0 bridgehead atoms. The number of rotatable bonds is 6. The molecule has 1 aliphatic heterocycles. The second kappa shape index (κ2) is 7.57. The summed E-state index contributed by atoms with van der Waals surface area (Å²) >= 11 is 1.04. The molecule has 6 nitrogen and oxygen atoms in total. The maximum atomic E-state index is 11.6. The van der Waals surface area contributed by atoms with Crippen molar-refractivity contribution in [3.63, 3.8) is 0 Å². The van der Waals surface area contributed by atoms with Crippen LogP contribution in [0.4, 0.5) is 10.6 Å². The summed E-state index contributed by atoms with van der Waals surface area (Å²) in [5.74, 6) is 1.29. The molecule has 7 heteroatoms. The standard InChI is InChI=1S/C18H19N3O3S/c1-11-4-3-9-19-16(11)20-12(2)24-14-7-5-13(6-8-14)10-15-17(22)21-18(23)25-15/h3-9,12,15H,10H2,1-2H3,(H,19,20)(H,21,22,23). The van der Waals surface area contributed by atoms with Gasteiger partial charge in [0.25, 0.3) is 5.24 Å². The second-order valence-corrected chi connectivity index (χ2v) is 6.98. The number of imide groups is 1. The van der Waals surface area contributed by atoms with Gasteiger partial charge in [-0.25, -0.2) is 4.98 Å². The molecule has 25 heavy (non-hydrogen) atoms. The Balaban J connectivity index is 1.56. The number of anilines is 1. The number of aryl methyl sites for hydroxylation is 1. The molecule has 1 saturated heterocycles. The summed E-state index contributed by atoms with van der Waals surface area (Å²) < 4.78 is 5.85. The molecule has 0 spiro atoms. The Bertz CT molecular complexity index is 779. The van der Waals surface area contributed by atoms with Crippen molar-refractivity contribution in [3.8, 4) is 5.75 Å². The second-order valence-electron chi connectivity index (χ2n) is 5.80. The number of hydrogen-bond donors (Lipinski definition) is 2. The molecule has 130 valence electrons. The Morgan fingerprint density at radius 2 is 2.04 bits per heavy atom. The molecule has 2 aromatic rings. The van der Waals surface area contributed by atoms with Gasteiger partial charge in [0.15, 0.2) is 6.23 Å². The largest absolute Gasteiger partial charge is 0.471 e. The number of carbonyl (C=O) groups excluding carboxylic acids is 2. The Kier molecular flexibility index (Phi) is 5.23. The molecule has 1 aliphatic rings. The SMILES string of the molecule is Cc1cccnc1NC(C)Oc1ccc(CC2SC(=O)NC2=O)cc1. The van der Waals surface area contributed by atoms with Gasteiger partial charge in [0, 0.05) is 6.20 Å². The molecular weight excluding hydrogens is 338 g/mol. The zero-order valence-corrected chi connectivity index (χ0v) is 14.8. The Hall–Kier alpha value is -2.54. The van der Waals surface area contributed by atoms with Crippen molar-refractivity contribution in [1.82, 2.24) is 10.3 Å². The van der Waals surface area contributed by atoms with Gasteiger partial charge in [-0.2, -0.15) is 0 Å². The number of carbonyl (C=O) groups is 2. The Morgan fingerprint density at radius 1 is 1.28 bits per heavy atom. The molecule has 2 atom stereocenters. The van der Waals surface area contributed by atoms with Crippen molar-refractivity contribution in [2.45, 2.75) is 31.7 Å². The minimum absolute atomic E-state index is 0.223. The number of benzene rings is 1. The van der Waals surface area contributed by atoms with E-state index in [9.17, 15) is 9.59 Å². The molecular formula is C18H19N3O3S. The monoisotopic (exact) mass is 357 g/mol. The summed E-state index contributed by atoms with van der Waals surface area (Å²) in [4.78, 5) is 27.1. The maximum Gasteiger partial charge on any atom is 0.286 e. The van der Waals surface area contributed by atoms with Crippen LogP contribution in [0.1, 0.15) is 18.1 Å². The molecule has 2 heterocycles. The van der Waals surface area contributed by atoms with E-state index in [1.165, 1.54) is 0 Å². The highest BCUT2D eigenvalue weighted by Crippen LogP contribution is 2.24. The smallest absolute Gasteiger partial charge is 0.286 e. The fraction of sp³-hybridized carbons (Fsp3) is 0.278. The van der Waals surface area contributed by atoms with Crippen molar-refractivity contribution in [2.24, 2.45) is 0 Å². The number of thioether (sulfide) groups is 1. The number of pyridine rings is 1. The summed E-state index contributed by atoms with van der Waals surface area (Å²) in [6.45, 7) is 3.89. The van der Waals surface area contributed by atoms with E-state index < -0.39 is 0 Å². The van der Waals surface area contributed by atoms with Crippen molar-refractivity contribution >= 4 is 28.7 Å². The van der Waals surface area contributed by atoms with E-state index in [-0.39, 0.29) is 22.6 Å². The first kappa shape index (κ1) is 17.3. The number of aromatic nitrogens is 1. The van der Waals surface area contributed by atoms with E-state index in [0.29, 0.717) is 6.42 Å². The van der Waals surface area contributed by atoms with Crippen molar-refractivity contribution < 1.29 is 14.3 Å². The first-order chi connectivity index (χ1) is 12.0. The lowest BCUT2D eigenvalue weighted by Gasteiger charge is -2.18. The molecule has 0 aliphatic carbocycles. The fourth-order valence-corrected chi connectivity index (χ4v) is 3.37. The van der Waals surface area contributed by atoms with Crippen LogP contribution in [0.15, 0.2) is 42.6 Å². The van der Waals surface area contributed by atoms with Crippen LogP contribution in [0, 0.1) is 6.92 Å². The van der Waals surface area contributed by atoms with Crippen LogP contribution < -0.4 is 15.4 Å². The fourth-order valence-electron chi connectivity index (χ4n) is 2.51. The van der Waals surface area contributed by atoms with Gasteiger partial charge in [0.2, 0.25) is 5.91 Å². The molecule has 0 saturated carbocycles. The van der Waals surface area contributed by atoms with Crippen LogP contribution in [0.25, 0.3) is 0 Å². The molecule has 1 aromatic carbocycles. The molecule has 1 fully saturated rings. The lowest BCUT2D eigenvalue weighted by molar-refractivity contribution is -0.118. The normalized spacial score (nSPS) is 17.9. The van der Waals surface area contributed by atoms with Gasteiger partial charge >= 0.3 is 0 Å². The molecule has 0 radical (unpaired) electrons. The van der Waals surface area contributed by atoms with E-state index in [2.05, 4.69) is 15.6 Å². The van der Waals surface area contributed by atoms with Gasteiger partial charge in [-0.1, -0.05) is 30.0 Å². The predicted octanol–water partition coefficient (Wildman–Crippen LogP) is 3.12. The van der Waals surface area contributed by atoms with Gasteiger partial charge < -0.3 is 10.1 Å². The van der Waals surface area contributed by atoms with E-state index in [1.807, 2.05) is 50.2 Å². The van der Waals surface area contributed by atoms with Gasteiger partial charge in [0.05, 0.1) is 5.25 Å². The topological polar surface area (TPSA) is 80.3 Å². The zero-order chi connectivity index (χ0) is 17.8. The Labute approximate surface area is 150 Å². The minimum atomic E-state index is -0.355. The van der Waals surface area contributed by atoms with Crippen molar-refractivity contribution in [2.75, 3.05) is 5.32 Å². The summed E-state index contributed by atoms with van der Waals surface area (Å²) in [5, 5.41) is 4.88. The van der Waals surface area contributed by atoms with Crippen LogP contribution in [0.3, 0.4) is 0 Å². The van der Waals surface area contributed by atoms with Gasteiger partial charge in [-0.05, 0) is 49.6 Å². The predicted molar refractivity (Wildman–Crippen MR) is 97.8 cm³/mol. The summed E-state index contributed by atoms with van der Waals surface area (Å²) in [6, 6.07) is 11.4. The summed E-state index contributed by atoms with van der Waals surface area (Å²) in [6.07, 6.45) is 2.01. The van der Waals surface area contributed by atoms with Gasteiger partial charge in [0.1, 0.15) is 11.6 Å². The molecule has 2 amide bonds. The van der Waals surface area contributed by atoms with Crippen LogP contribution in [0.2, 0.25) is 0 Å². The van der Waals surface area contributed by atoms with E-state index in [0.717, 1.165) is 34.5 Å². The lowest BCUT2D eigenvalue weighted by Crippen LogP contribution is -2.25. The third-order valence-electron chi connectivity index (χ3n) is 3.77. The van der Waals surface area contributed by atoms with Crippen LogP contribution in [-0.4, -0.2) is 27.6 Å². The number of nitrogens with one attached hydrogen (secondary N) is 2. The number of ether oxygens (including phenoxy) is 1. The highest BCUT2D eigenvalue weighted by atomic mass is 32.2. The number of amides is 2. The van der Waals surface area contributed by atoms with E-state index in [4.69, 9.17) is 4.74 Å². The van der Waals surface area contributed by atoms with Crippen LogP contribution >= 0.6 is 11.8 Å². The average Bonchev–Trinajstić information content (AvgIpc) is 2.89. The third-order valence-corrected chi connectivity index (χ3v) is 4.76. The van der Waals surface area contributed by atoms with Crippen LogP contribution in [0.5, 0.6) is 5.75 Å². The van der Waals surface area contributed by atoms with E-state index in [1.54, 1.807) is 6.20 Å². The highest BCUT2D eigenvalue weighted by Gasteiger charge is 2.31. The van der Waals surface area contributed by atoms with Gasteiger partial charge in [-0.15, -0.1) is 0 Å². The first-order valence-corrected chi connectivity index (χ1v) is 8.84. The highest BCUT2D eigenvalue weighted by molar-refractivity contribution is 8.15. The maximum absolute atomic E-state index is 11.6. The summed E-state index contributed by atoms with van der Waals surface area (Å²) in [5.41, 5.74) is 2.03. The Morgan fingerprint density at radius 3 is 2.68 bits per heavy atom. The van der Waals surface area contributed by atoms with Gasteiger partial charge in [-0.3, -0.25) is 14.9 Å². The number of nitrogens with zero attached hydrogens (tertiary/aromatic N) is 1. The third kappa shape index (κ3) is 4.51. The number of hydrogen-bond acceptors (Lipinski definition) is 6. The zero-order valence-electron chi connectivity index (χ0n) is 14.0. The van der Waals surface area contributed by atoms with Crippen molar-refractivity contribution in [3.05, 3.63) is 53.7 Å². The van der Waals surface area contributed by atoms with Crippen LogP contribution in [-0.2, 0) is 11.2 Å².